The number of hydrogen-bond acceptors (Lipinski definition) is 5. The zero-order chi connectivity index (χ0) is 18.0. The number of rotatable bonds is 5. The molecule has 1 aliphatic heterocycles. The minimum absolute atomic E-state index is 0.122. The summed E-state index contributed by atoms with van der Waals surface area (Å²) in [7, 11) is 1.32. The number of aliphatic hydroxyl groups is 1. The zero-order valence-electron chi connectivity index (χ0n) is 13.6. The van der Waals surface area contributed by atoms with Crippen molar-refractivity contribution < 1.29 is 24.2 Å². The number of nitrogens with zero attached hydrogens (tertiary/aromatic N) is 1. The first-order valence-corrected chi connectivity index (χ1v) is 7.80. The number of imide groups is 1. The van der Waals surface area contributed by atoms with Crippen molar-refractivity contribution in [2.24, 2.45) is 0 Å². The van der Waals surface area contributed by atoms with Crippen molar-refractivity contribution in [1.82, 2.24) is 4.90 Å². The average molecular weight is 339 g/mol. The Kier molecular flexibility index (Phi) is 4.63. The lowest BCUT2D eigenvalue weighted by Crippen LogP contribution is -2.33. The number of fused-ring (bicyclic) bond motifs is 1. The highest BCUT2D eigenvalue weighted by atomic mass is 16.5. The second-order valence-electron chi connectivity index (χ2n) is 5.78. The SMILES string of the molecule is COC(=O)Cc1ccc(C(O)CN2C(=O)c3ccccc3C2=O)cc1. The first-order valence-electron chi connectivity index (χ1n) is 7.80. The molecule has 3 rings (SSSR count). The molecule has 0 fully saturated rings. The quantitative estimate of drug-likeness (QED) is 0.662. The maximum absolute atomic E-state index is 12.3. The first-order chi connectivity index (χ1) is 12.0. The van der Waals surface area contributed by atoms with E-state index in [4.69, 9.17) is 0 Å². The van der Waals surface area contributed by atoms with E-state index in [0.29, 0.717) is 16.7 Å². The number of aliphatic hydroxyl groups excluding tert-OH is 1. The van der Waals surface area contributed by atoms with E-state index in [1.807, 2.05) is 0 Å². The standard InChI is InChI=1S/C19H17NO5/c1-25-17(22)10-12-6-8-13(9-7-12)16(21)11-20-18(23)14-4-2-3-5-15(14)19(20)24/h2-9,16,21H,10-11H2,1H3. The molecule has 6 nitrogen and oxygen atoms in total. The second kappa shape index (κ2) is 6.86. The fraction of sp³-hybridized carbons (Fsp3) is 0.211. The van der Waals surface area contributed by atoms with Crippen LogP contribution < -0.4 is 0 Å². The Morgan fingerprint density at radius 1 is 1.04 bits per heavy atom. The number of carbonyl (C=O) groups is 3. The molecular formula is C19H17NO5. The maximum atomic E-state index is 12.3. The summed E-state index contributed by atoms with van der Waals surface area (Å²) in [6.45, 7) is -0.122. The van der Waals surface area contributed by atoms with Crippen LogP contribution in [-0.2, 0) is 16.0 Å². The number of hydrogen-bond donors (Lipinski definition) is 1. The van der Waals surface area contributed by atoms with Gasteiger partial charge in [-0.25, -0.2) is 0 Å². The summed E-state index contributed by atoms with van der Waals surface area (Å²) >= 11 is 0. The molecule has 0 spiro atoms. The number of amides is 2. The summed E-state index contributed by atoms with van der Waals surface area (Å²) in [6, 6.07) is 13.3. The van der Waals surface area contributed by atoms with Gasteiger partial charge in [0, 0.05) is 0 Å². The lowest BCUT2D eigenvalue weighted by molar-refractivity contribution is -0.139. The van der Waals surface area contributed by atoms with Gasteiger partial charge in [-0.2, -0.15) is 0 Å². The molecule has 0 radical (unpaired) electrons. The van der Waals surface area contributed by atoms with E-state index < -0.39 is 17.9 Å². The molecule has 0 aromatic heterocycles. The third-order valence-corrected chi connectivity index (χ3v) is 4.17. The summed E-state index contributed by atoms with van der Waals surface area (Å²) in [6.07, 6.45) is -0.861. The van der Waals surface area contributed by atoms with E-state index in [9.17, 15) is 19.5 Å². The molecule has 1 aliphatic rings. The summed E-state index contributed by atoms with van der Waals surface area (Å²) in [4.78, 5) is 37.0. The highest BCUT2D eigenvalue weighted by Gasteiger charge is 2.36. The van der Waals surface area contributed by atoms with Gasteiger partial charge in [-0.05, 0) is 23.3 Å². The van der Waals surface area contributed by atoms with Gasteiger partial charge in [0.25, 0.3) is 11.8 Å². The van der Waals surface area contributed by atoms with Crippen LogP contribution in [0.1, 0.15) is 37.9 Å². The van der Waals surface area contributed by atoms with Gasteiger partial charge in [0.05, 0.1) is 37.3 Å². The number of ether oxygens (including phenoxy) is 1. The zero-order valence-corrected chi connectivity index (χ0v) is 13.6. The molecule has 1 unspecified atom stereocenters. The van der Waals surface area contributed by atoms with Crippen molar-refractivity contribution in [3.63, 3.8) is 0 Å². The van der Waals surface area contributed by atoms with Crippen LogP contribution in [0.3, 0.4) is 0 Å². The summed E-state index contributed by atoms with van der Waals surface area (Å²) in [5, 5.41) is 10.4. The van der Waals surface area contributed by atoms with Crippen molar-refractivity contribution in [3.8, 4) is 0 Å². The summed E-state index contributed by atoms with van der Waals surface area (Å²) in [5.74, 6) is -1.15. The van der Waals surface area contributed by atoms with Gasteiger partial charge in [0.2, 0.25) is 0 Å². The van der Waals surface area contributed by atoms with Crippen molar-refractivity contribution in [3.05, 3.63) is 70.8 Å². The number of carbonyl (C=O) groups excluding carboxylic acids is 3. The predicted octanol–water partition coefficient (Wildman–Crippen LogP) is 1.73. The molecule has 0 aliphatic carbocycles. The number of methoxy groups -OCH3 is 1. The Hall–Kier alpha value is -2.99. The monoisotopic (exact) mass is 339 g/mol. The van der Waals surface area contributed by atoms with Crippen molar-refractivity contribution in [2.75, 3.05) is 13.7 Å². The van der Waals surface area contributed by atoms with Gasteiger partial charge in [0.1, 0.15) is 0 Å². The highest BCUT2D eigenvalue weighted by Crippen LogP contribution is 2.25. The Balaban J connectivity index is 1.71. The predicted molar refractivity (Wildman–Crippen MR) is 88.9 cm³/mol. The molecule has 0 bridgehead atoms. The topological polar surface area (TPSA) is 83.9 Å². The minimum Gasteiger partial charge on any atom is -0.469 e. The van der Waals surface area contributed by atoms with Crippen LogP contribution in [0, 0.1) is 0 Å². The first kappa shape index (κ1) is 16.9. The second-order valence-corrected chi connectivity index (χ2v) is 5.78. The molecule has 2 aromatic carbocycles. The highest BCUT2D eigenvalue weighted by molar-refractivity contribution is 6.21. The number of benzene rings is 2. The van der Waals surface area contributed by atoms with Crippen LogP contribution in [0.5, 0.6) is 0 Å². The fourth-order valence-corrected chi connectivity index (χ4v) is 2.78. The van der Waals surface area contributed by atoms with E-state index in [1.54, 1.807) is 48.5 Å². The van der Waals surface area contributed by atoms with E-state index in [1.165, 1.54) is 7.11 Å². The molecule has 2 amide bonds. The smallest absolute Gasteiger partial charge is 0.309 e. The van der Waals surface area contributed by atoms with Crippen LogP contribution >= 0.6 is 0 Å². The normalized spacial score (nSPS) is 14.4. The fourth-order valence-electron chi connectivity index (χ4n) is 2.78. The molecule has 1 heterocycles. The van der Waals surface area contributed by atoms with Gasteiger partial charge in [-0.1, -0.05) is 36.4 Å². The van der Waals surface area contributed by atoms with Crippen molar-refractivity contribution in [2.45, 2.75) is 12.5 Å². The van der Waals surface area contributed by atoms with E-state index in [-0.39, 0.29) is 18.9 Å². The van der Waals surface area contributed by atoms with Crippen LogP contribution in [0.25, 0.3) is 0 Å². The largest absolute Gasteiger partial charge is 0.469 e. The molecule has 0 saturated heterocycles. The van der Waals surface area contributed by atoms with E-state index in [2.05, 4.69) is 4.74 Å². The average Bonchev–Trinajstić information content (AvgIpc) is 2.87. The third-order valence-electron chi connectivity index (χ3n) is 4.17. The van der Waals surface area contributed by atoms with Gasteiger partial charge in [0.15, 0.2) is 0 Å². The lowest BCUT2D eigenvalue weighted by atomic mass is 10.0. The Morgan fingerprint density at radius 3 is 2.12 bits per heavy atom. The van der Waals surface area contributed by atoms with Gasteiger partial charge >= 0.3 is 5.97 Å². The molecule has 0 saturated carbocycles. The molecule has 6 heteroatoms. The Bertz CT molecular complexity index is 793. The van der Waals surface area contributed by atoms with Gasteiger partial charge < -0.3 is 9.84 Å². The number of esters is 1. The molecular weight excluding hydrogens is 322 g/mol. The lowest BCUT2D eigenvalue weighted by Gasteiger charge is -2.19. The molecule has 25 heavy (non-hydrogen) atoms. The van der Waals surface area contributed by atoms with Crippen LogP contribution in [0.2, 0.25) is 0 Å². The maximum Gasteiger partial charge on any atom is 0.309 e. The van der Waals surface area contributed by atoms with E-state index in [0.717, 1.165) is 10.5 Å². The van der Waals surface area contributed by atoms with Crippen LogP contribution in [0.15, 0.2) is 48.5 Å². The van der Waals surface area contributed by atoms with Crippen LogP contribution in [0.4, 0.5) is 0 Å². The summed E-state index contributed by atoms with van der Waals surface area (Å²) < 4.78 is 4.60. The summed E-state index contributed by atoms with van der Waals surface area (Å²) in [5.41, 5.74) is 2.02. The van der Waals surface area contributed by atoms with Crippen LogP contribution in [-0.4, -0.2) is 41.4 Å². The third kappa shape index (κ3) is 3.29. The van der Waals surface area contributed by atoms with Gasteiger partial charge in [-0.15, -0.1) is 0 Å². The molecule has 1 N–H and O–H groups in total. The Labute approximate surface area is 144 Å². The molecule has 1 atom stereocenters. The molecule has 2 aromatic rings. The minimum atomic E-state index is -1.01. The van der Waals surface area contributed by atoms with Gasteiger partial charge in [-0.3, -0.25) is 19.3 Å². The Morgan fingerprint density at radius 2 is 1.60 bits per heavy atom. The van der Waals surface area contributed by atoms with Crippen molar-refractivity contribution in [1.29, 1.82) is 0 Å². The number of β-amino-alcohol motifs (C(OH)–C–C–N with tert-alkyl or cyclic N) is 1. The van der Waals surface area contributed by atoms with Crippen molar-refractivity contribution >= 4 is 17.8 Å². The molecule has 128 valence electrons. The van der Waals surface area contributed by atoms with E-state index >= 15 is 0 Å².